The first-order valence-corrected chi connectivity index (χ1v) is 17.1. The summed E-state index contributed by atoms with van der Waals surface area (Å²) in [5, 5.41) is 13.1. The fraction of sp³-hybridized carbons (Fsp3) is 0. The number of hydrogen-bond acceptors (Lipinski definition) is 4. The first kappa shape index (κ1) is 27.7. The zero-order valence-corrected chi connectivity index (χ0v) is 27.0. The highest BCUT2D eigenvalue weighted by Gasteiger charge is 2.21. The van der Waals surface area contributed by atoms with Crippen LogP contribution in [-0.2, 0) is 0 Å². The summed E-state index contributed by atoms with van der Waals surface area (Å²) in [6.45, 7) is 0. The minimum Gasteiger partial charge on any atom is -0.308 e. The van der Waals surface area contributed by atoms with Crippen LogP contribution >= 0.6 is 11.3 Å². The molecule has 4 heterocycles. The minimum absolute atomic E-state index is 0.792. The molecule has 0 unspecified atom stereocenters. The normalized spacial score (nSPS) is 11.7. The average Bonchev–Trinajstić information content (AvgIpc) is 3.88. The van der Waals surface area contributed by atoms with E-state index in [2.05, 4.69) is 136 Å². The summed E-state index contributed by atoms with van der Waals surface area (Å²) in [4.78, 5) is 5.35. The summed E-state index contributed by atoms with van der Waals surface area (Å²) < 4.78 is 7.03. The highest BCUT2D eigenvalue weighted by molar-refractivity contribution is 7.26. The molecular formula is C43H27N5S. The van der Waals surface area contributed by atoms with Crippen molar-refractivity contribution in [1.82, 2.24) is 24.3 Å². The molecule has 0 amide bonds. The molecule has 10 rings (SSSR count). The Bertz CT molecular complexity index is 2800. The largest absolute Gasteiger partial charge is 0.308 e. The van der Waals surface area contributed by atoms with E-state index in [4.69, 9.17) is 10.1 Å². The van der Waals surface area contributed by atoms with Crippen molar-refractivity contribution in [1.29, 1.82) is 0 Å². The molecule has 6 heteroatoms. The molecule has 230 valence electrons. The third-order valence-corrected chi connectivity index (χ3v) is 10.5. The van der Waals surface area contributed by atoms with Crippen LogP contribution in [0.2, 0.25) is 0 Å². The van der Waals surface area contributed by atoms with Crippen LogP contribution in [0, 0.1) is 0 Å². The lowest BCUT2D eigenvalue weighted by molar-refractivity contribution is 1.07. The fourth-order valence-corrected chi connectivity index (χ4v) is 8.26. The molecule has 6 aromatic carbocycles. The van der Waals surface area contributed by atoms with E-state index >= 15 is 0 Å². The van der Waals surface area contributed by atoms with E-state index in [9.17, 15) is 0 Å². The van der Waals surface area contributed by atoms with Crippen molar-refractivity contribution in [2.24, 2.45) is 0 Å². The molecule has 0 aliphatic carbocycles. The van der Waals surface area contributed by atoms with Gasteiger partial charge >= 0.3 is 0 Å². The van der Waals surface area contributed by atoms with Gasteiger partial charge in [-0.15, -0.1) is 21.5 Å². The van der Waals surface area contributed by atoms with E-state index in [-0.39, 0.29) is 0 Å². The van der Waals surface area contributed by atoms with Gasteiger partial charge in [-0.25, -0.2) is 4.98 Å². The molecule has 0 saturated heterocycles. The first-order chi connectivity index (χ1) is 24.3. The lowest BCUT2D eigenvalue weighted by Gasteiger charge is -2.12. The Hall–Kier alpha value is -6.37. The van der Waals surface area contributed by atoms with Crippen molar-refractivity contribution in [2.45, 2.75) is 0 Å². The molecule has 0 bridgehead atoms. The summed E-state index contributed by atoms with van der Waals surface area (Å²) in [5.74, 6) is 1.60. The zero-order valence-electron chi connectivity index (χ0n) is 26.2. The molecule has 4 aromatic heterocycles. The van der Waals surface area contributed by atoms with E-state index in [0.29, 0.717) is 0 Å². The summed E-state index contributed by atoms with van der Waals surface area (Å²) in [6, 6.07) is 57.2. The molecule has 0 atom stereocenters. The van der Waals surface area contributed by atoms with Gasteiger partial charge in [0.05, 0.1) is 22.2 Å². The molecule has 10 aromatic rings. The number of pyridine rings is 1. The van der Waals surface area contributed by atoms with Crippen LogP contribution in [0.3, 0.4) is 0 Å². The fourth-order valence-electron chi connectivity index (χ4n) is 7.01. The summed E-state index contributed by atoms with van der Waals surface area (Å²) >= 11 is 1.84. The standard InChI is InChI=1S/C43H27N5S/c1-4-12-28(13-5-1)35-25-27-37-40(44-35)39-36(26-24-34-33-18-10-11-19-38(33)49-41(34)39)47(37)32-22-20-30(21-23-32)43-46-45-42(29-14-6-2-7-15-29)48(43)31-16-8-3-9-17-31/h1-27H. The summed E-state index contributed by atoms with van der Waals surface area (Å²) in [6.07, 6.45) is 0. The van der Waals surface area contributed by atoms with Crippen molar-refractivity contribution in [2.75, 3.05) is 0 Å². The monoisotopic (exact) mass is 645 g/mol. The second-order valence-corrected chi connectivity index (χ2v) is 13.2. The maximum atomic E-state index is 5.35. The summed E-state index contributed by atoms with van der Waals surface area (Å²) in [5.41, 5.74) is 9.37. The van der Waals surface area contributed by atoms with Gasteiger partial charge in [0.15, 0.2) is 11.6 Å². The molecule has 5 nitrogen and oxygen atoms in total. The Morgan fingerprint density at radius 3 is 1.76 bits per heavy atom. The van der Waals surface area contributed by atoms with E-state index < -0.39 is 0 Å². The number of aromatic nitrogens is 5. The number of nitrogens with zero attached hydrogens (tertiary/aromatic N) is 5. The van der Waals surface area contributed by atoms with Gasteiger partial charge in [0.25, 0.3) is 0 Å². The Morgan fingerprint density at radius 2 is 1.02 bits per heavy atom. The summed E-state index contributed by atoms with van der Waals surface area (Å²) in [7, 11) is 0. The second kappa shape index (κ2) is 11.1. The third-order valence-electron chi connectivity index (χ3n) is 9.28. The second-order valence-electron chi connectivity index (χ2n) is 12.1. The van der Waals surface area contributed by atoms with Crippen LogP contribution in [0.25, 0.3) is 87.5 Å². The SMILES string of the molecule is c1ccc(-c2ccc3c(n2)c2c4sc5ccccc5c4ccc2n3-c2ccc(-c3nnc(-c4ccccc4)n3-c3ccccc3)cc2)cc1. The van der Waals surface area contributed by atoms with Gasteiger partial charge in [-0.1, -0.05) is 103 Å². The first-order valence-electron chi connectivity index (χ1n) is 16.3. The predicted octanol–water partition coefficient (Wildman–Crippen LogP) is 11.1. The van der Waals surface area contributed by atoms with Crippen LogP contribution in [-0.4, -0.2) is 24.3 Å². The minimum atomic E-state index is 0.792. The van der Waals surface area contributed by atoms with Gasteiger partial charge in [0, 0.05) is 53.6 Å². The zero-order chi connectivity index (χ0) is 32.3. The van der Waals surface area contributed by atoms with Crippen molar-refractivity contribution >= 4 is 53.4 Å². The van der Waals surface area contributed by atoms with Gasteiger partial charge in [0.2, 0.25) is 0 Å². The smallest absolute Gasteiger partial charge is 0.168 e. The van der Waals surface area contributed by atoms with Crippen LogP contribution < -0.4 is 0 Å². The van der Waals surface area contributed by atoms with Gasteiger partial charge in [-0.2, -0.15) is 0 Å². The number of para-hydroxylation sites is 1. The number of benzene rings is 6. The molecule has 0 saturated carbocycles. The molecular weight excluding hydrogens is 619 g/mol. The molecule has 0 aliphatic rings. The molecule has 0 N–H and O–H groups in total. The highest BCUT2D eigenvalue weighted by Crippen LogP contribution is 2.43. The quantitative estimate of drug-likeness (QED) is 0.187. The Kier molecular flexibility index (Phi) is 6.29. The predicted molar refractivity (Wildman–Crippen MR) is 203 cm³/mol. The Labute approximate surface area is 286 Å². The van der Waals surface area contributed by atoms with Crippen LogP contribution in [0.15, 0.2) is 164 Å². The van der Waals surface area contributed by atoms with E-state index in [1.807, 2.05) is 53.8 Å². The van der Waals surface area contributed by atoms with E-state index in [1.54, 1.807) is 0 Å². The van der Waals surface area contributed by atoms with Gasteiger partial charge in [0.1, 0.15) is 0 Å². The molecule has 0 spiro atoms. The van der Waals surface area contributed by atoms with Gasteiger partial charge in [-0.3, -0.25) is 4.57 Å². The van der Waals surface area contributed by atoms with E-state index in [0.717, 1.165) is 62.0 Å². The molecule has 49 heavy (non-hydrogen) atoms. The van der Waals surface area contributed by atoms with Gasteiger partial charge < -0.3 is 4.57 Å². The van der Waals surface area contributed by atoms with Crippen LogP contribution in [0.4, 0.5) is 0 Å². The number of fused-ring (bicyclic) bond motifs is 7. The maximum absolute atomic E-state index is 5.35. The Morgan fingerprint density at radius 1 is 0.429 bits per heavy atom. The molecule has 0 fully saturated rings. The van der Waals surface area contributed by atoms with Crippen molar-refractivity contribution in [3.63, 3.8) is 0 Å². The average molecular weight is 646 g/mol. The highest BCUT2D eigenvalue weighted by atomic mass is 32.1. The van der Waals surface area contributed by atoms with Crippen molar-refractivity contribution in [3.05, 3.63) is 164 Å². The third kappa shape index (κ3) is 4.42. The van der Waals surface area contributed by atoms with Crippen LogP contribution in [0.1, 0.15) is 0 Å². The lowest BCUT2D eigenvalue weighted by atomic mass is 10.1. The molecule has 0 radical (unpaired) electrons. The Balaban J connectivity index is 1.18. The van der Waals surface area contributed by atoms with Crippen molar-refractivity contribution in [3.8, 4) is 45.4 Å². The maximum Gasteiger partial charge on any atom is 0.168 e. The van der Waals surface area contributed by atoms with Crippen molar-refractivity contribution < 1.29 is 0 Å². The number of hydrogen-bond donors (Lipinski definition) is 0. The molecule has 0 aliphatic heterocycles. The topological polar surface area (TPSA) is 48.5 Å². The van der Waals surface area contributed by atoms with Crippen LogP contribution in [0.5, 0.6) is 0 Å². The lowest BCUT2D eigenvalue weighted by Crippen LogP contribution is -2.00. The van der Waals surface area contributed by atoms with Gasteiger partial charge in [-0.05, 0) is 60.7 Å². The number of rotatable bonds is 5. The number of thiophene rings is 1. The van der Waals surface area contributed by atoms with E-state index in [1.165, 1.54) is 25.6 Å².